The van der Waals surface area contributed by atoms with Crippen molar-refractivity contribution in [3.8, 4) is 0 Å². The van der Waals surface area contributed by atoms with Gasteiger partial charge in [0.25, 0.3) is 5.56 Å². The van der Waals surface area contributed by atoms with Crippen molar-refractivity contribution in [2.75, 3.05) is 18.5 Å². The maximum Gasteiger partial charge on any atom is 0.252 e. The van der Waals surface area contributed by atoms with Gasteiger partial charge in [0.05, 0.1) is 12.6 Å². The molecule has 0 aliphatic carbocycles. The third-order valence-corrected chi connectivity index (χ3v) is 2.95. The van der Waals surface area contributed by atoms with E-state index in [2.05, 4.69) is 29.1 Å². The molecule has 108 valence electrons. The molecular weight excluding hydrogens is 242 g/mol. The maximum atomic E-state index is 11.6. The lowest BCUT2D eigenvalue weighted by Gasteiger charge is -2.23. The molecule has 1 aromatic heterocycles. The van der Waals surface area contributed by atoms with Crippen LogP contribution in [-0.4, -0.2) is 29.2 Å². The fraction of sp³-hybridized carbons (Fsp3) is 0.714. The average Bonchev–Trinajstić information content (AvgIpc) is 2.33. The number of hydrogen-bond donors (Lipinski definition) is 2. The molecule has 0 aliphatic rings. The number of ether oxygens (including phenoxy) is 1. The van der Waals surface area contributed by atoms with Crippen molar-refractivity contribution < 1.29 is 4.74 Å². The first-order valence-corrected chi connectivity index (χ1v) is 6.89. The van der Waals surface area contributed by atoms with E-state index in [1.54, 1.807) is 0 Å². The molecule has 1 heterocycles. The Labute approximate surface area is 114 Å². The van der Waals surface area contributed by atoms with Gasteiger partial charge in [-0.3, -0.25) is 4.79 Å². The van der Waals surface area contributed by atoms with Gasteiger partial charge in [0, 0.05) is 18.6 Å². The number of rotatable bonds is 7. The summed E-state index contributed by atoms with van der Waals surface area (Å²) >= 11 is 0. The highest BCUT2D eigenvalue weighted by atomic mass is 16.5. The summed E-state index contributed by atoms with van der Waals surface area (Å²) in [5, 5.41) is 3.29. The summed E-state index contributed by atoms with van der Waals surface area (Å²) < 4.78 is 5.46. The molecule has 5 heteroatoms. The predicted octanol–water partition coefficient (Wildman–Crippen LogP) is 2.37. The van der Waals surface area contributed by atoms with Crippen LogP contribution in [-0.2, 0) is 4.74 Å². The van der Waals surface area contributed by atoms with Crippen LogP contribution in [0.1, 0.15) is 46.4 Å². The Hall–Kier alpha value is -1.36. The van der Waals surface area contributed by atoms with Crippen molar-refractivity contribution >= 4 is 5.82 Å². The van der Waals surface area contributed by atoms with Crippen molar-refractivity contribution in [1.29, 1.82) is 0 Å². The van der Waals surface area contributed by atoms with Gasteiger partial charge >= 0.3 is 0 Å². The number of nitrogens with one attached hydrogen (secondary N) is 2. The van der Waals surface area contributed by atoms with E-state index in [0.29, 0.717) is 30.8 Å². The van der Waals surface area contributed by atoms with Crippen LogP contribution in [0.2, 0.25) is 0 Å². The van der Waals surface area contributed by atoms with E-state index in [9.17, 15) is 4.79 Å². The zero-order valence-corrected chi connectivity index (χ0v) is 12.5. The fourth-order valence-electron chi connectivity index (χ4n) is 1.66. The second kappa shape index (κ2) is 7.28. The molecule has 1 rings (SSSR count). The Morgan fingerprint density at radius 1 is 1.37 bits per heavy atom. The minimum Gasteiger partial charge on any atom is -0.380 e. The van der Waals surface area contributed by atoms with E-state index in [-0.39, 0.29) is 17.5 Å². The fourth-order valence-corrected chi connectivity index (χ4v) is 1.66. The van der Waals surface area contributed by atoms with E-state index in [1.165, 1.54) is 6.07 Å². The molecule has 19 heavy (non-hydrogen) atoms. The van der Waals surface area contributed by atoms with Crippen LogP contribution < -0.4 is 10.9 Å². The van der Waals surface area contributed by atoms with E-state index in [0.717, 1.165) is 0 Å². The number of hydrogen-bond acceptors (Lipinski definition) is 4. The second-order valence-corrected chi connectivity index (χ2v) is 5.32. The van der Waals surface area contributed by atoms with Gasteiger partial charge in [-0.15, -0.1) is 0 Å². The number of H-pyrrole nitrogens is 1. The van der Waals surface area contributed by atoms with Gasteiger partial charge in [-0.25, -0.2) is 4.98 Å². The molecular formula is C14H25N3O2. The van der Waals surface area contributed by atoms with Crippen molar-refractivity contribution in [1.82, 2.24) is 9.97 Å². The van der Waals surface area contributed by atoms with Crippen molar-refractivity contribution in [2.24, 2.45) is 5.92 Å². The highest BCUT2D eigenvalue weighted by Crippen LogP contribution is 2.13. The Balaban J connectivity index is 2.86. The third-order valence-electron chi connectivity index (χ3n) is 2.95. The van der Waals surface area contributed by atoms with E-state index < -0.39 is 0 Å². The number of aromatic nitrogens is 2. The lowest BCUT2D eigenvalue weighted by Crippen LogP contribution is -2.32. The average molecular weight is 267 g/mol. The highest BCUT2D eigenvalue weighted by molar-refractivity contribution is 5.35. The molecule has 0 aromatic carbocycles. The summed E-state index contributed by atoms with van der Waals surface area (Å²) in [6.45, 7) is 11.5. The molecule has 1 unspecified atom stereocenters. The number of anilines is 1. The first-order chi connectivity index (χ1) is 8.93. The first kappa shape index (κ1) is 15.7. The molecule has 2 N–H and O–H groups in total. The number of aromatic amines is 1. The van der Waals surface area contributed by atoms with E-state index in [1.807, 2.05) is 20.8 Å². The van der Waals surface area contributed by atoms with Crippen LogP contribution in [0, 0.1) is 5.92 Å². The lowest BCUT2D eigenvalue weighted by atomic mass is 10.1. The molecule has 5 nitrogen and oxygen atoms in total. The molecule has 0 bridgehead atoms. The Morgan fingerprint density at radius 3 is 2.58 bits per heavy atom. The predicted molar refractivity (Wildman–Crippen MR) is 77.7 cm³/mol. The zero-order valence-electron chi connectivity index (χ0n) is 12.5. The first-order valence-electron chi connectivity index (χ1n) is 6.89. The van der Waals surface area contributed by atoms with Gasteiger partial charge in [-0.1, -0.05) is 27.7 Å². The SMILES string of the molecule is CCOCC(Nc1cc(=O)[nH]c(C(C)C)n1)C(C)C. The van der Waals surface area contributed by atoms with Crippen LogP contribution in [0.4, 0.5) is 5.82 Å². The molecule has 1 atom stereocenters. The quantitative estimate of drug-likeness (QED) is 0.796. The van der Waals surface area contributed by atoms with Crippen LogP contribution >= 0.6 is 0 Å². The molecule has 0 amide bonds. The van der Waals surface area contributed by atoms with Gasteiger partial charge in [0.2, 0.25) is 0 Å². The summed E-state index contributed by atoms with van der Waals surface area (Å²) in [5.41, 5.74) is -0.125. The third kappa shape index (κ3) is 5.03. The van der Waals surface area contributed by atoms with Gasteiger partial charge < -0.3 is 15.0 Å². The van der Waals surface area contributed by atoms with Crippen LogP contribution in [0.25, 0.3) is 0 Å². The van der Waals surface area contributed by atoms with Gasteiger partial charge in [-0.2, -0.15) is 0 Å². The van der Waals surface area contributed by atoms with Gasteiger partial charge in [-0.05, 0) is 12.8 Å². The normalized spacial score (nSPS) is 13.0. The standard InChI is InChI=1S/C14H25N3O2/c1-6-19-8-11(9(2)3)15-12-7-13(18)17-14(16-12)10(4)5/h7,9-11H,6,8H2,1-5H3,(H2,15,16,17,18). The molecule has 0 radical (unpaired) electrons. The van der Waals surface area contributed by atoms with Crippen LogP contribution in [0.3, 0.4) is 0 Å². The monoisotopic (exact) mass is 267 g/mol. The smallest absolute Gasteiger partial charge is 0.252 e. The van der Waals surface area contributed by atoms with Crippen molar-refractivity contribution in [3.05, 3.63) is 22.2 Å². The topological polar surface area (TPSA) is 67.0 Å². The van der Waals surface area contributed by atoms with Crippen LogP contribution in [0.5, 0.6) is 0 Å². The molecule has 0 spiro atoms. The summed E-state index contributed by atoms with van der Waals surface area (Å²) in [4.78, 5) is 18.8. The highest BCUT2D eigenvalue weighted by Gasteiger charge is 2.15. The molecule has 0 fully saturated rings. The maximum absolute atomic E-state index is 11.6. The zero-order chi connectivity index (χ0) is 14.4. The van der Waals surface area contributed by atoms with Gasteiger partial charge in [0.1, 0.15) is 11.6 Å². The Morgan fingerprint density at radius 2 is 2.05 bits per heavy atom. The largest absolute Gasteiger partial charge is 0.380 e. The van der Waals surface area contributed by atoms with Gasteiger partial charge in [0.15, 0.2) is 0 Å². The Kier molecular flexibility index (Phi) is 6.02. The minimum atomic E-state index is -0.125. The summed E-state index contributed by atoms with van der Waals surface area (Å²) in [6.07, 6.45) is 0. The van der Waals surface area contributed by atoms with Crippen molar-refractivity contribution in [2.45, 2.75) is 46.6 Å². The molecule has 0 aliphatic heterocycles. The molecule has 0 saturated carbocycles. The van der Waals surface area contributed by atoms with E-state index in [4.69, 9.17) is 4.74 Å². The summed E-state index contributed by atoms with van der Waals surface area (Å²) in [6, 6.07) is 1.64. The summed E-state index contributed by atoms with van der Waals surface area (Å²) in [7, 11) is 0. The lowest BCUT2D eigenvalue weighted by molar-refractivity contribution is 0.126. The molecule has 0 saturated heterocycles. The molecule has 1 aromatic rings. The number of nitrogens with zero attached hydrogens (tertiary/aromatic N) is 1. The Bertz CT molecular complexity index is 441. The second-order valence-electron chi connectivity index (χ2n) is 5.32. The van der Waals surface area contributed by atoms with Crippen LogP contribution in [0.15, 0.2) is 10.9 Å². The summed E-state index contributed by atoms with van der Waals surface area (Å²) in [5.74, 6) is 1.91. The minimum absolute atomic E-state index is 0.125. The van der Waals surface area contributed by atoms with E-state index >= 15 is 0 Å². The van der Waals surface area contributed by atoms with Crippen molar-refractivity contribution in [3.63, 3.8) is 0 Å².